The van der Waals surface area contributed by atoms with Gasteiger partial charge in [0, 0.05) is 90.6 Å². The summed E-state index contributed by atoms with van der Waals surface area (Å²) >= 11 is 0. The third-order valence-electron chi connectivity index (χ3n) is 14.9. The van der Waals surface area contributed by atoms with Gasteiger partial charge in [0.05, 0.1) is 44.1 Å². The molecular formula is C62H36N6. The normalized spacial score (nSPS) is 12.4. The van der Waals surface area contributed by atoms with Crippen molar-refractivity contribution in [3.05, 3.63) is 219 Å². The van der Waals surface area contributed by atoms with Crippen molar-refractivity contribution in [2.75, 3.05) is 0 Å². The zero-order chi connectivity index (χ0) is 44.2. The largest absolute Gasteiger partial charge is 0.309 e. The van der Waals surface area contributed by atoms with E-state index in [0.717, 1.165) is 44.6 Å². The minimum atomic E-state index is 1.11. The summed E-state index contributed by atoms with van der Waals surface area (Å²) in [4.78, 5) is 9.42. The Bertz CT molecular complexity index is 4360. The van der Waals surface area contributed by atoms with Gasteiger partial charge in [-0.05, 0) is 129 Å². The highest BCUT2D eigenvalue weighted by Gasteiger charge is 2.23. The van der Waals surface area contributed by atoms with Crippen LogP contribution in [0.25, 0.3) is 142 Å². The molecule has 0 bridgehead atoms. The average molecular weight is 865 g/mol. The number of fused-ring (bicyclic) bond motifs is 14. The van der Waals surface area contributed by atoms with Gasteiger partial charge in [-0.3, -0.25) is 9.97 Å². The predicted molar refractivity (Wildman–Crippen MR) is 283 cm³/mol. The Hall–Kier alpha value is -9.26. The molecule has 0 spiro atoms. The van der Waals surface area contributed by atoms with Crippen LogP contribution in [-0.4, -0.2) is 28.2 Å². The Labute approximate surface area is 387 Å². The van der Waals surface area contributed by atoms with Crippen LogP contribution in [0.1, 0.15) is 0 Å². The lowest BCUT2D eigenvalue weighted by Crippen LogP contribution is -1.98. The molecule has 0 aliphatic rings. The Morgan fingerprint density at radius 3 is 0.897 bits per heavy atom. The molecule has 0 amide bonds. The maximum Gasteiger partial charge on any atom is 0.0572 e. The number of nitrogens with zero attached hydrogens (tertiary/aromatic N) is 6. The van der Waals surface area contributed by atoms with Gasteiger partial charge in [0.25, 0.3) is 0 Å². The van der Waals surface area contributed by atoms with Gasteiger partial charge in [0.15, 0.2) is 0 Å². The minimum absolute atomic E-state index is 1.11. The van der Waals surface area contributed by atoms with Crippen molar-refractivity contribution in [3.8, 4) is 22.7 Å². The number of aromatic nitrogens is 6. The van der Waals surface area contributed by atoms with E-state index in [9.17, 15) is 0 Å². The van der Waals surface area contributed by atoms with E-state index < -0.39 is 0 Å². The van der Waals surface area contributed by atoms with Crippen LogP contribution in [0, 0.1) is 0 Å². The molecule has 68 heavy (non-hydrogen) atoms. The van der Waals surface area contributed by atoms with Crippen molar-refractivity contribution in [1.82, 2.24) is 28.2 Å². The predicted octanol–water partition coefficient (Wildman–Crippen LogP) is 15.8. The highest BCUT2D eigenvalue weighted by atomic mass is 15.0. The quantitative estimate of drug-likeness (QED) is 0.165. The van der Waals surface area contributed by atoms with E-state index in [1.165, 1.54) is 97.7 Å². The Morgan fingerprint density at radius 2 is 0.544 bits per heavy atom. The third-order valence-corrected chi connectivity index (χ3v) is 14.9. The number of hydrogen-bond acceptors (Lipinski definition) is 2. The summed E-state index contributed by atoms with van der Waals surface area (Å²) in [6.07, 6.45) is 7.91. The lowest BCUT2D eigenvalue weighted by Gasteiger charge is -2.15. The maximum absolute atomic E-state index is 4.71. The van der Waals surface area contributed by atoms with Crippen LogP contribution in [0.4, 0.5) is 0 Å². The van der Waals surface area contributed by atoms with E-state index >= 15 is 0 Å². The van der Waals surface area contributed by atoms with E-state index in [0.29, 0.717) is 0 Å². The molecule has 6 nitrogen and oxygen atoms in total. The standard InChI is InChI=1S/C62H36N6/c1-5-13-51-43(9-1)44-10-2-6-14-52(44)65(51)39-19-23-41(24-20-39)67-55-29-31-63-35-49(55)61-47-27-18-38-34-58-62(48-28-17-37(33-57(61)67)59(47)60(38)48)50-36-64-32-30-56(50)68(58)42-25-21-40(22-26-42)66-53-15-7-3-11-45(53)46-12-4-8-16-54(46)66/h1-36H. The first-order valence-electron chi connectivity index (χ1n) is 23.2. The first kappa shape index (κ1) is 36.0. The van der Waals surface area contributed by atoms with Crippen molar-refractivity contribution >= 4 is 120 Å². The fourth-order valence-electron chi connectivity index (χ4n) is 12.1. The Kier molecular flexibility index (Phi) is 6.98. The molecule has 0 unspecified atom stereocenters. The molecule has 314 valence electrons. The molecule has 0 atom stereocenters. The topological polar surface area (TPSA) is 45.5 Å². The van der Waals surface area contributed by atoms with Gasteiger partial charge in [-0.15, -0.1) is 0 Å². The van der Waals surface area contributed by atoms with Crippen LogP contribution in [-0.2, 0) is 0 Å². The second kappa shape index (κ2) is 13.2. The molecule has 16 rings (SSSR count). The van der Waals surface area contributed by atoms with Crippen molar-refractivity contribution in [2.45, 2.75) is 0 Å². The van der Waals surface area contributed by atoms with Crippen LogP contribution in [0.2, 0.25) is 0 Å². The summed E-state index contributed by atoms with van der Waals surface area (Å²) in [5, 5.41) is 17.2. The van der Waals surface area contributed by atoms with E-state index in [-0.39, 0.29) is 0 Å². The van der Waals surface area contributed by atoms with E-state index in [2.05, 4.69) is 212 Å². The summed E-state index contributed by atoms with van der Waals surface area (Å²) in [6.45, 7) is 0. The van der Waals surface area contributed by atoms with Crippen molar-refractivity contribution < 1.29 is 0 Å². The molecule has 0 saturated carbocycles. The molecule has 6 heteroatoms. The number of para-hydroxylation sites is 4. The summed E-state index contributed by atoms with van der Waals surface area (Å²) in [5.41, 5.74) is 13.9. The average Bonchev–Trinajstić information content (AvgIpc) is 4.13. The number of hydrogen-bond donors (Lipinski definition) is 0. The first-order valence-corrected chi connectivity index (χ1v) is 23.2. The van der Waals surface area contributed by atoms with Gasteiger partial charge in [0.2, 0.25) is 0 Å². The van der Waals surface area contributed by atoms with Gasteiger partial charge in [0.1, 0.15) is 0 Å². The van der Waals surface area contributed by atoms with Gasteiger partial charge in [-0.1, -0.05) is 97.1 Å². The minimum Gasteiger partial charge on any atom is -0.309 e. The van der Waals surface area contributed by atoms with Gasteiger partial charge < -0.3 is 18.3 Å². The van der Waals surface area contributed by atoms with Gasteiger partial charge in [-0.2, -0.15) is 0 Å². The summed E-state index contributed by atoms with van der Waals surface area (Å²) in [5.74, 6) is 0. The third kappa shape index (κ3) is 4.65. The maximum atomic E-state index is 4.71. The highest BCUT2D eigenvalue weighted by molar-refractivity contribution is 6.37. The van der Waals surface area contributed by atoms with Gasteiger partial charge >= 0.3 is 0 Å². The molecule has 16 aromatic rings. The van der Waals surface area contributed by atoms with Crippen molar-refractivity contribution in [2.24, 2.45) is 0 Å². The molecule has 0 aliphatic carbocycles. The van der Waals surface area contributed by atoms with Gasteiger partial charge in [-0.25, -0.2) is 0 Å². The van der Waals surface area contributed by atoms with Crippen LogP contribution in [0.5, 0.6) is 0 Å². The summed E-state index contributed by atoms with van der Waals surface area (Å²) < 4.78 is 9.59. The molecule has 0 saturated heterocycles. The fourth-order valence-corrected chi connectivity index (χ4v) is 12.1. The van der Waals surface area contributed by atoms with E-state index in [1.807, 2.05) is 24.8 Å². The Morgan fingerprint density at radius 1 is 0.235 bits per heavy atom. The van der Waals surface area contributed by atoms with Crippen LogP contribution >= 0.6 is 0 Å². The zero-order valence-corrected chi connectivity index (χ0v) is 36.5. The van der Waals surface area contributed by atoms with E-state index in [1.54, 1.807) is 0 Å². The second-order valence-corrected chi connectivity index (χ2v) is 18.2. The molecule has 0 aliphatic heterocycles. The number of pyridine rings is 2. The summed E-state index contributed by atoms with van der Waals surface area (Å²) in [6, 6.07) is 71.3. The molecule has 0 radical (unpaired) electrons. The van der Waals surface area contributed by atoms with Crippen LogP contribution in [0.15, 0.2) is 219 Å². The SMILES string of the molecule is c1ccc2c(c1)c1ccccc1n2-c1ccc(-n2c3ccncc3c3c4ccc5cc6c(c7ccc(cc32)c4c57)c2cnccc2n6-c2ccc(-n3c4ccccc4c4ccccc43)cc2)cc1. The lowest BCUT2D eigenvalue weighted by atomic mass is 9.90. The molecule has 0 fully saturated rings. The molecule has 6 aromatic heterocycles. The lowest BCUT2D eigenvalue weighted by molar-refractivity contribution is 1.14. The highest BCUT2D eigenvalue weighted by Crippen LogP contribution is 2.47. The van der Waals surface area contributed by atoms with E-state index in [4.69, 9.17) is 9.97 Å². The van der Waals surface area contributed by atoms with Crippen molar-refractivity contribution in [1.29, 1.82) is 0 Å². The molecule has 6 heterocycles. The number of rotatable bonds is 4. The van der Waals surface area contributed by atoms with Crippen LogP contribution < -0.4 is 0 Å². The second-order valence-electron chi connectivity index (χ2n) is 18.2. The van der Waals surface area contributed by atoms with Crippen molar-refractivity contribution in [3.63, 3.8) is 0 Å². The first-order chi connectivity index (χ1) is 33.8. The summed E-state index contributed by atoms with van der Waals surface area (Å²) in [7, 11) is 0. The monoisotopic (exact) mass is 864 g/mol. The molecule has 0 N–H and O–H groups in total. The smallest absolute Gasteiger partial charge is 0.0572 e. The molecule has 10 aromatic carbocycles. The van der Waals surface area contributed by atoms with Crippen LogP contribution in [0.3, 0.4) is 0 Å². The molecular weight excluding hydrogens is 829 g/mol. The number of benzene rings is 10. The zero-order valence-electron chi connectivity index (χ0n) is 36.5. The Balaban J connectivity index is 0.886. The fraction of sp³-hybridized carbons (Fsp3) is 0.